The van der Waals surface area contributed by atoms with Gasteiger partial charge in [-0.1, -0.05) is 5.16 Å². The highest BCUT2D eigenvalue weighted by Gasteiger charge is 2.12. The van der Waals surface area contributed by atoms with Crippen LogP contribution in [0.5, 0.6) is 0 Å². The third-order valence-electron chi connectivity index (χ3n) is 3.19. The molecule has 24 heavy (non-hydrogen) atoms. The number of rotatable bonds is 8. The second-order valence-electron chi connectivity index (χ2n) is 5.04. The Bertz CT molecular complexity index is 682. The minimum atomic E-state index is -0.298. The van der Waals surface area contributed by atoms with E-state index >= 15 is 0 Å². The Kier molecular flexibility index (Phi) is 6.47. The molecule has 0 unspecified atom stereocenters. The van der Waals surface area contributed by atoms with Crippen molar-refractivity contribution in [1.29, 1.82) is 0 Å². The van der Waals surface area contributed by atoms with Gasteiger partial charge in [-0.05, 0) is 31.2 Å². The van der Waals surface area contributed by atoms with Gasteiger partial charge in [-0.2, -0.15) is 0 Å². The largest absolute Gasteiger partial charge is 0.383 e. The predicted octanol–water partition coefficient (Wildman–Crippen LogP) is 1.41. The van der Waals surface area contributed by atoms with Crippen LogP contribution in [0.2, 0.25) is 0 Å². The van der Waals surface area contributed by atoms with Crippen LogP contribution in [-0.2, 0) is 9.53 Å². The van der Waals surface area contributed by atoms with Gasteiger partial charge in [0.05, 0.1) is 19.3 Å². The van der Waals surface area contributed by atoms with E-state index in [0.717, 1.165) is 0 Å². The molecule has 0 saturated heterocycles. The summed E-state index contributed by atoms with van der Waals surface area (Å²) in [5.41, 5.74) is 1.64. The number of carbonyl (C=O) groups is 2. The van der Waals surface area contributed by atoms with E-state index in [1.807, 2.05) is 0 Å². The molecule has 0 radical (unpaired) electrons. The van der Waals surface area contributed by atoms with Crippen LogP contribution >= 0.6 is 0 Å². The molecule has 1 heterocycles. The maximum absolute atomic E-state index is 12.0. The van der Waals surface area contributed by atoms with Crippen molar-refractivity contribution in [3.63, 3.8) is 0 Å². The normalized spacial score (nSPS) is 10.4. The smallest absolute Gasteiger partial charge is 0.260 e. The van der Waals surface area contributed by atoms with Gasteiger partial charge in [0.25, 0.3) is 5.91 Å². The zero-order valence-electron chi connectivity index (χ0n) is 13.6. The molecule has 8 nitrogen and oxygen atoms in total. The second kappa shape index (κ2) is 8.80. The Morgan fingerprint density at radius 1 is 1.17 bits per heavy atom. The maximum Gasteiger partial charge on any atom is 0.260 e. The SMILES string of the molecule is COCCNCC(=O)Nc1ccc(NC(=O)c2cnoc2C)cc1. The lowest BCUT2D eigenvalue weighted by Gasteiger charge is -2.08. The van der Waals surface area contributed by atoms with E-state index in [4.69, 9.17) is 9.26 Å². The maximum atomic E-state index is 12.0. The van der Waals surface area contributed by atoms with Gasteiger partial charge in [-0.25, -0.2) is 0 Å². The molecule has 0 aliphatic heterocycles. The van der Waals surface area contributed by atoms with Crippen LogP contribution in [0.3, 0.4) is 0 Å². The fourth-order valence-electron chi connectivity index (χ4n) is 1.93. The van der Waals surface area contributed by atoms with E-state index in [0.29, 0.717) is 35.9 Å². The Balaban J connectivity index is 1.83. The Labute approximate surface area is 139 Å². The first-order valence-electron chi connectivity index (χ1n) is 7.42. The molecule has 0 spiro atoms. The Hall–Kier alpha value is -2.71. The first-order chi connectivity index (χ1) is 11.6. The summed E-state index contributed by atoms with van der Waals surface area (Å²) >= 11 is 0. The number of hydrogen-bond donors (Lipinski definition) is 3. The Morgan fingerprint density at radius 2 is 1.83 bits per heavy atom. The van der Waals surface area contributed by atoms with Crippen molar-refractivity contribution < 1.29 is 18.8 Å². The number of methoxy groups -OCH3 is 1. The van der Waals surface area contributed by atoms with E-state index in [9.17, 15) is 9.59 Å². The summed E-state index contributed by atoms with van der Waals surface area (Å²) < 4.78 is 9.74. The van der Waals surface area contributed by atoms with Crippen molar-refractivity contribution in [3.8, 4) is 0 Å². The number of benzene rings is 1. The van der Waals surface area contributed by atoms with Crippen LogP contribution in [0.1, 0.15) is 16.1 Å². The van der Waals surface area contributed by atoms with Crippen LogP contribution in [0.15, 0.2) is 35.0 Å². The lowest BCUT2D eigenvalue weighted by molar-refractivity contribution is -0.115. The van der Waals surface area contributed by atoms with Crippen LogP contribution in [0, 0.1) is 6.92 Å². The van der Waals surface area contributed by atoms with Crippen molar-refractivity contribution >= 4 is 23.2 Å². The number of hydrogen-bond acceptors (Lipinski definition) is 6. The highest BCUT2D eigenvalue weighted by Crippen LogP contribution is 2.15. The molecule has 8 heteroatoms. The van der Waals surface area contributed by atoms with Crippen molar-refractivity contribution in [3.05, 3.63) is 41.8 Å². The highest BCUT2D eigenvalue weighted by atomic mass is 16.5. The van der Waals surface area contributed by atoms with Crippen molar-refractivity contribution in [1.82, 2.24) is 10.5 Å². The number of aromatic nitrogens is 1. The number of amides is 2. The van der Waals surface area contributed by atoms with Gasteiger partial charge < -0.3 is 25.2 Å². The van der Waals surface area contributed by atoms with Gasteiger partial charge in [-0.15, -0.1) is 0 Å². The molecule has 3 N–H and O–H groups in total. The van der Waals surface area contributed by atoms with E-state index in [1.54, 1.807) is 38.3 Å². The fraction of sp³-hybridized carbons (Fsp3) is 0.312. The van der Waals surface area contributed by atoms with Gasteiger partial charge in [0.1, 0.15) is 11.3 Å². The van der Waals surface area contributed by atoms with Gasteiger partial charge in [-0.3, -0.25) is 9.59 Å². The average molecular weight is 332 g/mol. The zero-order chi connectivity index (χ0) is 17.4. The molecule has 0 fully saturated rings. The summed E-state index contributed by atoms with van der Waals surface area (Å²) in [5, 5.41) is 12.0. The lowest BCUT2D eigenvalue weighted by atomic mass is 10.2. The molecular formula is C16H20N4O4. The van der Waals surface area contributed by atoms with Crippen molar-refractivity contribution in [2.75, 3.05) is 37.4 Å². The van der Waals surface area contributed by atoms with Crippen LogP contribution in [0.25, 0.3) is 0 Å². The molecule has 2 aromatic rings. The monoisotopic (exact) mass is 332 g/mol. The molecule has 0 aliphatic rings. The number of anilines is 2. The summed E-state index contributed by atoms with van der Waals surface area (Å²) in [6, 6.07) is 6.83. The molecule has 0 aliphatic carbocycles. The zero-order valence-corrected chi connectivity index (χ0v) is 13.6. The lowest BCUT2D eigenvalue weighted by Crippen LogP contribution is -2.30. The number of nitrogens with one attached hydrogen (secondary N) is 3. The van der Waals surface area contributed by atoms with Crippen molar-refractivity contribution in [2.45, 2.75) is 6.92 Å². The Morgan fingerprint density at radius 3 is 2.42 bits per heavy atom. The summed E-state index contributed by atoms with van der Waals surface area (Å²) in [4.78, 5) is 23.8. The van der Waals surface area contributed by atoms with Gasteiger partial charge in [0.15, 0.2) is 0 Å². The average Bonchev–Trinajstić information content (AvgIpc) is 3.00. The summed E-state index contributed by atoms with van der Waals surface area (Å²) in [7, 11) is 1.60. The minimum Gasteiger partial charge on any atom is -0.383 e. The topological polar surface area (TPSA) is 105 Å². The number of nitrogens with zero attached hydrogens (tertiary/aromatic N) is 1. The van der Waals surface area contributed by atoms with E-state index in [2.05, 4.69) is 21.1 Å². The number of carbonyl (C=O) groups excluding carboxylic acids is 2. The van der Waals surface area contributed by atoms with Crippen LogP contribution in [0.4, 0.5) is 11.4 Å². The van der Waals surface area contributed by atoms with E-state index in [-0.39, 0.29) is 18.4 Å². The first-order valence-corrected chi connectivity index (χ1v) is 7.42. The first kappa shape index (κ1) is 17.6. The molecule has 1 aromatic heterocycles. The predicted molar refractivity (Wildman–Crippen MR) is 89.0 cm³/mol. The second-order valence-corrected chi connectivity index (χ2v) is 5.04. The summed E-state index contributed by atoms with van der Waals surface area (Å²) in [5.74, 6) is 0.00761. The van der Waals surface area contributed by atoms with Crippen molar-refractivity contribution in [2.24, 2.45) is 0 Å². The molecule has 2 rings (SSSR count). The summed E-state index contributed by atoms with van der Waals surface area (Å²) in [6.07, 6.45) is 1.37. The molecular weight excluding hydrogens is 312 g/mol. The van der Waals surface area contributed by atoms with E-state index in [1.165, 1.54) is 6.20 Å². The third kappa shape index (κ3) is 5.18. The molecule has 0 bridgehead atoms. The molecule has 2 amide bonds. The minimum absolute atomic E-state index is 0.150. The van der Waals surface area contributed by atoms with E-state index < -0.39 is 0 Å². The van der Waals surface area contributed by atoms with Crippen LogP contribution < -0.4 is 16.0 Å². The number of aryl methyl sites for hydroxylation is 1. The fourth-order valence-corrected chi connectivity index (χ4v) is 1.93. The van der Waals surface area contributed by atoms with Gasteiger partial charge in [0, 0.05) is 25.0 Å². The highest BCUT2D eigenvalue weighted by molar-refractivity contribution is 6.04. The third-order valence-corrected chi connectivity index (χ3v) is 3.19. The quantitative estimate of drug-likeness (QED) is 0.631. The molecule has 1 aromatic carbocycles. The van der Waals surface area contributed by atoms with Crippen LogP contribution in [-0.4, -0.2) is 43.8 Å². The standard InChI is InChI=1S/C16H20N4O4/c1-11-14(9-18-24-11)16(22)20-13-5-3-12(4-6-13)19-15(21)10-17-7-8-23-2/h3-6,9,17H,7-8,10H2,1-2H3,(H,19,21)(H,20,22). The summed E-state index contributed by atoms with van der Waals surface area (Å²) in [6.45, 7) is 3.03. The van der Waals surface area contributed by atoms with Gasteiger partial charge in [0.2, 0.25) is 5.91 Å². The number of ether oxygens (including phenoxy) is 1. The molecule has 0 atom stereocenters. The molecule has 128 valence electrons. The van der Waals surface area contributed by atoms with Gasteiger partial charge >= 0.3 is 0 Å². The molecule has 0 saturated carbocycles.